The van der Waals surface area contributed by atoms with Crippen LogP contribution in [-0.2, 0) is 12.0 Å². The summed E-state index contributed by atoms with van der Waals surface area (Å²) >= 11 is 3.45. The summed E-state index contributed by atoms with van der Waals surface area (Å²) in [4.78, 5) is 0. The van der Waals surface area contributed by atoms with Crippen LogP contribution >= 0.6 is 15.9 Å². The number of fused-ring (bicyclic) bond motifs is 1. The predicted octanol–water partition coefficient (Wildman–Crippen LogP) is 1.93. The van der Waals surface area contributed by atoms with E-state index in [2.05, 4.69) is 22.0 Å². The molecule has 0 heterocycles. The molecular weight excluding hydrogens is 242 g/mol. The van der Waals surface area contributed by atoms with Crippen molar-refractivity contribution in [2.75, 3.05) is 6.61 Å². The highest BCUT2D eigenvalue weighted by Gasteiger charge is 2.31. The fourth-order valence-corrected chi connectivity index (χ4v) is 2.56. The monoisotopic (exact) mass is 255 g/mol. The summed E-state index contributed by atoms with van der Waals surface area (Å²) in [6.45, 7) is 0.0294. The van der Waals surface area contributed by atoms with E-state index in [1.165, 1.54) is 5.56 Å². The molecule has 1 aliphatic carbocycles. The van der Waals surface area contributed by atoms with Gasteiger partial charge in [-0.3, -0.25) is 0 Å². The van der Waals surface area contributed by atoms with Gasteiger partial charge in [0, 0.05) is 4.47 Å². The third kappa shape index (κ3) is 1.60. The third-order valence-corrected chi connectivity index (χ3v) is 3.45. The zero-order valence-corrected chi connectivity index (χ0v) is 9.55. The molecule has 0 amide bonds. The van der Waals surface area contributed by atoms with E-state index in [9.17, 15) is 5.11 Å². The molecule has 3 N–H and O–H groups in total. The highest BCUT2D eigenvalue weighted by atomic mass is 79.9. The van der Waals surface area contributed by atoms with Gasteiger partial charge in [0.1, 0.15) is 0 Å². The Morgan fingerprint density at radius 2 is 2.29 bits per heavy atom. The number of hydrogen-bond acceptors (Lipinski definition) is 2. The lowest BCUT2D eigenvalue weighted by atomic mass is 9.78. The number of aliphatic hydroxyl groups excluding tert-OH is 1. The summed E-state index contributed by atoms with van der Waals surface area (Å²) < 4.78 is 1.08. The summed E-state index contributed by atoms with van der Waals surface area (Å²) in [6.07, 6.45) is 2.99. The van der Waals surface area contributed by atoms with Gasteiger partial charge in [-0.1, -0.05) is 22.0 Å². The number of halogens is 1. The molecular formula is C11H14BrNO. The largest absolute Gasteiger partial charge is 0.394 e. The Morgan fingerprint density at radius 3 is 3.00 bits per heavy atom. The molecule has 2 rings (SSSR count). The first-order valence-electron chi connectivity index (χ1n) is 4.84. The average Bonchev–Trinajstić information content (AvgIpc) is 2.18. The first-order valence-corrected chi connectivity index (χ1v) is 5.64. The number of aliphatic hydroxyl groups is 1. The lowest BCUT2D eigenvalue weighted by Crippen LogP contribution is -2.43. The molecule has 2 nitrogen and oxygen atoms in total. The predicted molar refractivity (Wildman–Crippen MR) is 60.0 cm³/mol. The molecule has 1 aromatic carbocycles. The molecule has 0 unspecified atom stereocenters. The van der Waals surface area contributed by atoms with Crippen LogP contribution in [0.5, 0.6) is 0 Å². The van der Waals surface area contributed by atoms with Crippen molar-refractivity contribution in [3.63, 3.8) is 0 Å². The standard InChI is InChI=1S/C11H14BrNO/c12-9-3-4-10-8(6-9)2-1-5-11(10,13)7-14/h3-4,6,14H,1-2,5,7,13H2/t11-/m0/s1. The van der Waals surface area contributed by atoms with Crippen LogP contribution in [0.1, 0.15) is 24.0 Å². The van der Waals surface area contributed by atoms with E-state index >= 15 is 0 Å². The Balaban J connectivity index is 2.50. The number of rotatable bonds is 1. The summed E-state index contributed by atoms with van der Waals surface area (Å²) in [6, 6.07) is 6.11. The highest BCUT2D eigenvalue weighted by Crippen LogP contribution is 2.34. The summed E-state index contributed by atoms with van der Waals surface area (Å²) in [5.74, 6) is 0. The minimum absolute atomic E-state index is 0.0294. The maximum Gasteiger partial charge on any atom is 0.0653 e. The highest BCUT2D eigenvalue weighted by molar-refractivity contribution is 9.10. The van der Waals surface area contributed by atoms with Crippen LogP contribution in [0.25, 0.3) is 0 Å². The van der Waals surface area contributed by atoms with Crippen LogP contribution in [-0.4, -0.2) is 11.7 Å². The molecule has 0 saturated heterocycles. The quantitative estimate of drug-likeness (QED) is 0.806. The van der Waals surface area contributed by atoms with Gasteiger partial charge < -0.3 is 10.8 Å². The van der Waals surface area contributed by atoms with Gasteiger partial charge in [0.2, 0.25) is 0 Å². The van der Waals surface area contributed by atoms with Crippen LogP contribution in [0.2, 0.25) is 0 Å². The molecule has 0 aliphatic heterocycles. The molecule has 0 radical (unpaired) electrons. The van der Waals surface area contributed by atoms with Crippen molar-refractivity contribution in [2.45, 2.75) is 24.8 Å². The van der Waals surface area contributed by atoms with Crippen molar-refractivity contribution in [3.8, 4) is 0 Å². The molecule has 1 aliphatic rings. The molecule has 1 atom stereocenters. The molecule has 14 heavy (non-hydrogen) atoms. The van der Waals surface area contributed by atoms with E-state index in [-0.39, 0.29) is 6.61 Å². The minimum Gasteiger partial charge on any atom is -0.394 e. The normalized spacial score (nSPS) is 25.9. The number of benzene rings is 1. The Labute approximate surface area is 92.3 Å². The lowest BCUT2D eigenvalue weighted by Gasteiger charge is -2.34. The van der Waals surface area contributed by atoms with Gasteiger partial charge in [0.05, 0.1) is 12.1 Å². The van der Waals surface area contributed by atoms with Crippen molar-refractivity contribution in [2.24, 2.45) is 5.73 Å². The van der Waals surface area contributed by atoms with E-state index in [1.807, 2.05) is 12.1 Å². The van der Waals surface area contributed by atoms with Crippen LogP contribution < -0.4 is 5.73 Å². The molecule has 1 aromatic rings. The first-order chi connectivity index (χ1) is 6.65. The van der Waals surface area contributed by atoms with Gasteiger partial charge in [-0.15, -0.1) is 0 Å². The van der Waals surface area contributed by atoms with Crippen LogP contribution in [0.15, 0.2) is 22.7 Å². The molecule has 0 bridgehead atoms. The molecule has 0 aromatic heterocycles. The SMILES string of the molecule is N[C@]1(CO)CCCc2cc(Br)ccc21. The molecule has 76 valence electrons. The number of aryl methyl sites for hydroxylation is 1. The van der Waals surface area contributed by atoms with Gasteiger partial charge in [-0.25, -0.2) is 0 Å². The zero-order chi connectivity index (χ0) is 10.2. The smallest absolute Gasteiger partial charge is 0.0653 e. The second kappa shape index (κ2) is 3.65. The molecule has 0 saturated carbocycles. The van der Waals surface area contributed by atoms with E-state index in [0.29, 0.717) is 0 Å². The first kappa shape index (κ1) is 10.1. The molecule has 0 fully saturated rings. The molecule has 0 spiro atoms. The van der Waals surface area contributed by atoms with E-state index in [4.69, 9.17) is 5.73 Å². The second-order valence-electron chi connectivity index (χ2n) is 3.97. The van der Waals surface area contributed by atoms with Crippen LogP contribution in [0, 0.1) is 0 Å². The van der Waals surface area contributed by atoms with Crippen molar-refractivity contribution in [1.82, 2.24) is 0 Å². The van der Waals surface area contributed by atoms with Crippen molar-refractivity contribution in [3.05, 3.63) is 33.8 Å². The maximum absolute atomic E-state index is 9.33. The van der Waals surface area contributed by atoms with Gasteiger partial charge >= 0.3 is 0 Å². The fourth-order valence-electron chi connectivity index (χ4n) is 2.15. The number of hydrogen-bond donors (Lipinski definition) is 2. The van der Waals surface area contributed by atoms with Crippen molar-refractivity contribution in [1.29, 1.82) is 0 Å². The van der Waals surface area contributed by atoms with Gasteiger partial charge in [-0.05, 0) is 42.5 Å². The second-order valence-corrected chi connectivity index (χ2v) is 4.88. The van der Waals surface area contributed by atoms with Gasteiger partial charge in [0.25, 0.3) is 0 Å². The van der Waals surface area contributed by atoms with E-state index in [1.54, 1.807) is 0 Å². The van der Waals surface area contributed by atoms with Crippen molar-refractivity contribution >= 4 is 15.9 Å². The van der Waals surface area contributed by atoms with Crippen LogP contribution in [0.4, 0.5) is 0 Å². The zero-order valence-electron chi connectivity index (χ0n) is 7.96. The summed E-state index contributed by atoms with van der Waals surface area (Å²) in [5, 5.41) is 9.33. The Kier molecular flexibility index (Phi) is 2.64. The van der Waals surface area contributed by atoms with E-state index < -0.39 is 5.54 Å². The summed E-state index contributed by atoms with van der Waals surface area (Å²) in [7, 11) is 0. The Hall–Kier alpha value is -0.380. The van der Waals surface area contributed by atoms with E-state index in [0.717, 1.165) is 29.3 Å². The lowest BCUT2D eigenvalue weighted by molar-refractivity contribution is 0.179. The minimum atomic E-state index is -0.520. The molecule has 3 heteroatoms. The van der Waals surface area contributed by atoms with Crippen molar-refractivity contribution < 1.29 is 5.11 Å². The topological polar surface area (TPSA) is 46.2 Å². The van der Waals surface area contributed by atoms with Gasteiger partial charge in [0.15, 0.2) is 0 Å². The Morgan fingerprint density at radius 1 is 1.50 bits per heavy atom. The maximum atomic E-state index is 9.33. The van der Waals surface area contributed by atoms with Crippen LogP contribution in [0.3, 0.4) is 0 Å². The third-order valence-electron chi connectivity index (χ3n) is 2.95. The average molecular weight is 256 g/mol. The number of nitrogens with two attached hydrogens (primary N) is 1. The van der Waals surface area contributed by atoms with Gasteiger partial charge in [-0.2, -0.15) is 0 Å². The Bertz CT molecular complexity index is 353. The summed E-state index contributed by atoms with van der Waals surface area (Å²) in [5.41, 5.74) is 8.01. The fraction of sp³-hybridized carbons (Fsp3) is 0.455.